The molecule has 1 saturated heterocycles. The summed E-state index contributed by atoms with van der Waals surface area (Å²) in [4.78, 5) is 33.3. The Morgan fingerprint density at radius 1 is 1.31 bits per heavy atom. The van der Waals surface area contributed by atoms with Crippen LogP contribution in [0, 0.1) is 5.41 Å². The predicted molar refractivity (Wildman–Crippen MR) is 44.9 cm³/mol. The van der Waals surface area contributed by atoms with E-state index in [1.807, 2.05) is 5.32 Å². The van der Waals surface area contributed by atoms with Crippen molar-refractivity contribution in [2.75, 3.05) is 0 Å². The van der Waals surface area contributed by atoms with Crippen LogP contribution >= 0.6 is 0 Å². The van der Waals surface area contributed by atoms with Crippen LogP contribution in [-0.2, 0) is 9.59 Å². The Bertz CT molecular complexity index is 278. The Morgan fingerprint density at radius 2 is 1.85 bits per heavy atom. The standard InChI is InChI=1S/C8H12N2O3/c1-8(2,3)5(11)4-6(12)10-7(13)9-4/h4H,1-3H3,(H2,9,10,12,13). The molecule has 0 aromatic rings. The Morgan fingerprint density at radius 3 is 2.15 bits per heavy atom. The lowest BCUT2D eigenvalue weighted by Gasteiger charge is -2.19. The van der Waals surface area contributed by atoms with Crippen molar-refractivity contribution in [2.45, 2.75) is 26.8 Å². The van der Waals surface area contributed by atoms with E-state index in [0.717, 1.165) is 0 Å². The molecule has 1 rings (SSSR count). The molecule has 0 bridgehead atoms. The predicted octanol–water partition coefficient (Wildman–Crippen LogP) is -0.190. The van der Waals surface area contributed by atoms with Crippen molar-refractivity contribution >= 4 is 17.7 Å². The number of nitrogens with one attached hydrogen (secondary N) is 2. The third-order valence-corrected chi connectivity index (χ3v) is 1.78. The molecule has 5 heteroatoms. The maximum absolute atomic E-state index is 11.5. The van der Waals surface area contributed by atoms with Gasteiger partial charge in [0.1, 0.15) is 0 Å². The highest BCUT2D eigenvalue weighted by molar-refractivity contribution is 6.17. The molecule has 0 saturated carbocycles. The molecule has 0 radical (unpaired) electrons. The summed E-state index contributed by atoms with van der Waals surface area (Å²) in [5.41, 5.74) is -0.625. The van der Waals surface area contributed by atoms with Crippen LogP contribution in [0.4, 0.5) is 4.79 Å². The van der Waals surface area contributed by atoms with Crippen molar-refractivity contribution in [2.24, 2.45) is 5.41 Å². The second kappa shape index (κ2) is 2.83. The summed E-state index contributed by atoms with van der Waals surface area (Å²) in [7, 11) is 0. The maximum atomic E-state index is 11.5. The first kappa shape index (κ1) is 9.70. The fourth-order valence-corrected chi connectivity index (χ4v) is 1.03. The summed E-state index contributed by atoms with van der Waals surface area (Å²) in [6, 6.07) is -1.62. The Hall–Kier alpha value is -1.39. The molecular formula is C8H12N2O3. The van der Waals surface area contributed by atoms with E-state index in [4.69, 9.17) is 0 Å². The van der Waals surface area contributed by atoms with E-state index in [2.05, 4.69) is 5.32 Å². The van der Waals surface area contributed by atoms with Crippen molar-refractivity contribution < 1.29 is 14.4 Å². The fourth-order valence-electron chi connectivity index (χ4n) is 1.03. The lowest BCUT2D eigenvalue weighted by atomic mass is 9.86. The summed E-state index contributed by atoms with van der Waals surface area (Å²) in [5.74, 6) is -0.847. The van der Waals surface area contributed by atoms with Gasteiger partial charge in [0, 0.05) is 5.41 Å². The number of imide groups is 1. The zero-order chi connectivity index (χ0) is 10.2. The molecule has 2 N–H and O–H groups in total. The first-order chi connectivity index (χ1) is 5.82. The van der Waals surface area contributed by atoms with Gasteiger partial charge in [0.25, 0.3) is 5.91 Å². The van der Waals surface area contributed by atoms with Crippen molar-refractivity contribution in [1.29, 1.82) is 0 Å². The van der Waals surface area contributed by atoms with Crippen molar-refractivity contribution in [3.8, 4) is 0 Å². The highest BCUT2D eigenvalue weighted by atomic mass is 16.2. The van der Waals surface area contributed by atoms with Crippen LogP contribution in [-0.4, -0.2) is 23.8 Å². The van der Waals surface area contributed by atoms with E-state index in [1.54, 1.807) is 20.8 Å². The summed E-state index contributed by atoms with van der Waals surface area (Å²) in [6.45, 7) is 5.10. The van der Waals surface area contributed by atoms with Gasteiger partial charge in [-0.15, -0.1) is 0 Å². The van der Waals surface area contributed by atoms with E-state index in [1.165, 1.54) is 0 Å². The largest absolute Gasteiger partial charge is 0.322 e. The van der Waals surface area contributed by atoms with Gasteiger partial charge in [0.2, 0.25) is 0 Å². The molecule has 13 heavy (non-hydrogen) atoms. The molecule has 1 aliphatic heterocycles. The van der Waals surface area contributed by atoms with E-state index in [9.17, 15) is 14.4 Å². The lowest BCUT2D eigenvalue weighted by Crippen LogP contribution is -2.43. The molecule has 3 amide bonds. The first-order valence-corrected chi connectivity index (χ1v) is 3.98. The van der Waals surface area contributed by atoms with Gasteiger partial charge in [-0.1, -0.05) is 20.8 Å². The molecule has 1 fully saturated rings. The summed E-state index contributed by atoms with van der Waals surface area (Å²) in [6.07, 6.45) is 0. The molecule has 1 unspecified atom stereocenters. The molecule has 0 aliphatic carbocycles. The highest BCUT2D eigenvalue weighted by Crippen LogP contribution is 2.17. The number of hydrogen-bond donors (Lipinski definition) is 2. The molecule has 5 nitrogen and oxygen atoms in total. The lowest BCUT2D eigenvalue weighted by molar-refractivity contribution is -0.133. The third kappa shape index (κ3) is 1.85. The Kier molecular flexibility index (Phi) is 2.11. The number of carbonyl (C=O) groups is 3. The van der Waals surface area contributed by atoms with Crippen LogP contribution in [0.1, 0.15) is 20.8 Å². The molecule has 0 aromatic carbocycles. The minimum absolute atomic E-state index is 0.282. The number of amides is 3. The van der Waals surface area contributed by atoms with Gasteiger partial charge >= 0.3 is 6.03 Å². The molecule has 1 aliphatic rings. The van der Waals surface area contributed by atoms with E-state index in [0.29, 0.717) is 0 Å². The Labute approximate surface area is 75.9 Å². The van der Waals surface area contributed by atoms with Gasteiger partial charge in [-0.3, -0.25) is 14.9 Å². The van der Waals surface area contributed by atoms with Crippen LogP contribution < -0.4 is 10.6 Å². The van der Waals surface area contributed by atoms with Crippen LogP contribution in [0.3, 0.4) is 0 Å². The van der Waals surface area contributed by atoms with Crippen LogP contribution in [0.25, 0.3) is 0 Å². The molecule has 1 atom stereocenters. The van der Waals surface area contributed by atoms with Crippen LogP contribution in [0.5, 0.6) is 0 Å². The summed E-state index contributed by atoms with van der Waals surface area (Å²) < 4.78 is 0. The van der Waals surface area contributed by atoms with Gasteiger partial charge in [-0.25, -0.2) is 4.79 Å². The zero-order valence-electron chi connectivity index (χ0n) is 7.80. The number of urea groups is 1. The first-order valence-electron chi connectivity index (χ1n) is 3.98. The monoisotopic (exact) mass is 184 g/mol. The van der Waals surface area contributed by atoms with E-state index in [-0.39, 0.29) is 5.78 Å². The molecular weight excluding hydrogens is 172 g/mol. The summed E-state index contributed by atoms with van der Waals surface area (Å²) >= 11 is 0. The van der Waals surface area contributed by atoms with E-state index >= 15 is 0 Å². The highest BCUT2D eigenvalue weighted by Gasteiger charge is 2.40. The minimum atomic E-state index is -1.02. The van der Waals surface area contributed by atoms with Gasteiger partial charge in [-0.05, 0) is 0 Å². The van der Waals surface area contributed by atoms with Gasteiger partial charge in [0.05, 0.1) is 0 Å². The van der Waals surface area contributed by atoms with Crippen molar-refractivity contribution in [1.82, 2.24) is 10.6 Å². The second-order valence-electron chi connectivity index (χ2n) is 4.01. The average molecular weight is 184 g/mol. The molecule has 1 heterocycles. The van der Waals surface area contributed by atoms with E-state index < -0.39 is 23.4 Å². The quantitative estimate of drug-likeness (QED) is 0.438. The number of Topliss-reactive ketones (excluding diaryl/α,β-unsaturated/α-hetero) is 1. The maximum Gasteiger partial charge on any atom is 0.322 e. The smallest absolute Gasteiger partial charge is 0.319 e. The van der Waals surface area contributed by atoms with Gasteiger partial charge in [-0.2, -0.15) is 0 Å². The molecule has 0 spiro atoms. The van der Waals surface area contributed by atoms with Crippen LogP contribution in [0.15, 0.2) is 0 Å². The average Bonchev–Trinajstić information content (AvgIpc) is 2.26. The SMILES string of the molecule is CC(C)(C)C(=O)C1NC(=O)NC1=O. The van der Waals surface area contributed by atoms with Gasteiger partial charge < -0.3 is 5.32 Å². The number of carbonyl (C=O) groups excluding carboxylic acids is 3. The fraction of sp³-hybridized carbons (Fsp3) is 0.625. The Balaban J connectivity index is 2.80. The number of hydrogen-bond acceptors (Lipinski definition) is 3. The van der Waals surface area contributed by atoms with Crippen molar-refractivity contribution in [3.63, 3.8) is 0 Å². The van der Waals surface area contributed by atoms with Crippen LogP contribution in [0.2, 0.25) is 0 Å². The van der Waals surface area contributed by atoms with Crippen molar-refractivity contribution in [3.05, 3.63) is 0 Å². The number of rotatable bonds is 1. The second-order valence-corrected chi connectivity index (χ2v) is 4.01. The zero-order valence-corrected chi connectivity index (χ0v) is 7.80. The van der Waals surface area contributed by atoms with Gasteiger partial charge in [0.15, 0.2) is 11.8 Å². The number of ketones is 1. The third-order valence-electron chi connectivity index (χ3n) is 1.78. The topological polar surface area (TPSA) is 75.3 Å². The molecule has 72 valence electrons. The molecule has 0 aromatic heterocycles. The minimum Gasteiger partial charge on any atom is -0.319 e. The summed E-state index contributed by atoms with van der Waals surface area (Å²) in [5, 5.41) is 4.27. The normalized spacial score (nSPS) is 22.5.